The van der Waals surface area contributed by atoms with Crippen LogP contribution in [-0.2, 0) is 19.9 Å². The van der Waals surface area contributed by atoms with Gasteiger partial charge in [0.15, 0.2) is 5.82 Å². The predicted molar refractivity (Wildman–Crippen MR) is 108 cm³/mol. The van der Waals surface area contributed by atoms with Crippen molar-refractivity contribution >= 4 is 40.0 Å². The van der Waals surface area contributed by atoms with E-state index < -0.39 is 16.8 Å². The topological polar surface area (TPSA) is 162 Å². The van der Waals surface area contributed by atoms with Gasteiger partial charge in [0.25, 0.3) is 0 Å². The van der Waals surface area contributed by atoms with Crippen LogP contribution in [0.15, 0.2) is 59.2 Å². The highest BCUT2D eigenvalue weighted by Crippen LogP contribution is 2.21. The molecule has 0 aliphatic rings. The zero-order valence-electron chi connectivity index (χ0n) is 14.8. The fraction of sp³-hybridized carbons (Fsp3) is 0.0588. The Bertz CT molecular complexity index is 1070. The van der Waals surface area contributed by atoms with Gasteiger partial charge in [0, 0.05) is 29.7 Å². The van der Waals surface area contributed by atoms with E-state index in [1.165, 1.54) is 0 Å². The molecule has 12 heteroatoms. The fourth-order valence-electron chi connectivity index (χ4n) is 2.25. The Balaban J connectivity index is 1.79. The van der Waals surface area contributed by atoms with Gasteiger partial charge in [0.05, 0.1) is 11.4 Å². The van der Waals surface area contributed by atoms with E-state index in [1.807, 2.05) is 0 Å². The molecule has 0 fully saturated rings. The standard InChI is InChI=1S/C17H16N7O4S/c25-16(26)10-19-17-20-14(11-5-7-18-8-6-11)9-15(21-17)23-22-12-1-3-13(4-2-12)24-29(27)28/h1-9,22H,10H2,(H,25,26)(H,24,27,28)(H2,19,20,21,23)/q-1. The molecule has 2 heterocycles. The molecule has 0 aliphatic heterocycles. The van der Waals surface area contributed by atoms with Gasteiger partial charge in [-0.15, -0.1) is 0 Å². The van der Waals surface area contributed by atoms with Crippen LogP contribution in [0.3, 0.4) is 0 Å². The average Bonchev–Trinajstić information content (AvgIpc) is 2.72. The number of aliphatic carboxylic acids is 1. The summed E-state index contributed by atoms with van der Waals surface area (Å²) in [6.07, 6.45) is 3.25. The summed E-state index contributed by atoms with van der Waals surface area (Å²) in [6.45, 7) is -0.330. The van der Waals surface area contributed by atoms with Gasteiger partial charge >= 0.3 is 5.97 Å². The van der Waals surface area contributed by atoms with Gasteiger partial charge < -0.3 is 23.5 Å². The number of carboxylic acid groups (broad SMARTS) is 1. The number of carbonyl (C=O) groups is 1. The zero-order valence-corrected chi connectivity index (χ0v) is 15.6. The van der Waals surface area contributed by atoms with Gasteiger partial charge in [0.1, 0.15) is 6.54 Å². The van der Waals surface area contributed by atoms with Crippen molar-refractivity contribution in [3.63, 3.8) is 0 Å². The Morgan fingerprint density at radius 3 is 2.45 bits per heavy atom. The van der Waals surface area contributed by atoms with Crippen LogP contribution in [0.1, 0.15) is 0 Å². The van der Waals surface area contributed by atoms with E-state index in [4.69, 9.17) is 9.66 Å². The van der Waals surface area contributed by atoms with Gasteiger partial charge in [0.2, 0.25) is 5.95 Å². The van der Waals surface area contributed by atoms with Gasteiger partial charge in [-0.25, -0.2) is 4.98 Å². The monoisotopic (exact) mass is 414 g/mol. The van der Waals surface area contributed by atoms with Crippen molar-refractivity contribution in [3.05, 3.63) is 54.9 Å². The van der Waals surface area contributed by atoms with Crippen LogP contribution < -0.4 is 16.2 Å². The summed E-state index contributed by atoms with van der Waals surface area (Å²) >= 11 is 0. The van der Waals surface area contributed by atoms with Crippen molar-refractivity contribution < 1.29 is 18.7 Å². The van der Waals surface area contributed by atoms with Crippen molar-refractivity contribution in [3.8, 4) is 11.3 Å². The summed E-state index contributed by atoms with van der Waals surface area (Å²) in [7, 11) is -2.27. The highest BCUT2D eigenvalue weighted by atomic mass is 32.2. The lowest BCUT2D eigenvalue weighted by atomic mass is 10.2. The summed E-state index contributed by atoms with van der Waals surface area (Å²) in [4.78, 5) is 23.3. The maximum absolute atomic E-state index is 10.8. The molecule has 0 radical (unpaired) electrons. The number of anilines is 3. The Morgan fingerprint density at radius 2 is 1.79 bits per heavy atom. The molecule has 2 aromatic heterocycles. The molecule has 0 unspecified atom stereocenters. The smallest absolute Gasteiger partial charge is 0.322 e. The minimum atomic E-state index is -2.27. The fourth-order valence-corrected chi connectivity index (χ4v) is 2.55. The third-order valence-electron chi connectivity index (χ3n) is 3.49. The molecule has 3 aromatic rings. The molecule has 0 spiro atoms. The molecular formula is C17H16N7O4S-. The van der Waals surface area contributed by atoms with Crippen molar-refractivity contribution in [1.82, 2.24) is 15.0 Å². The molecule has 3 rings (SSSR count). The van der Waals surface area contributed by atoms with Gasteiger partial charge in [-0.2, -0.15) is 4.98 Å². The normalized spacial score (nSPS) is 11.6. The lowest BCUT2D eigenvalue weighted by molar-refractivity contribution is -0.134. The molecule has 0 bridgehead atoms. The predicted octanol–water partition coefficient (Wildman–Crippen LogP) is 2.73. The Hall–Kier alpha value is -3.77. The number of aromatic nitrogens is 3. The Kier molecular flexibility index (Phi) is 6.50. The maximum Gasteiger partial charge on any atom is 0.322 e. The van der Waals surface area contributed by atoms with Crippen molar-refractivity contribution in [2.45, 2.75) is 0 Å². The lowest BCUT2D eigenvalue weighted by Gasteiger charge is -2.12. The summed E-state index contributed by atoms with van der Waals surface area (Å²) < 4.78 is 23.0. The largest absolute Gasteiger partial charge is 0.480 e. The first kappa shape index (κ1) is 20.0. The van der Waals surface area contributed by atoms with Gasteiger partial charge in [-0.3, -0.25) is 20.6 Å². The summed E-state index contributed by atoms with van der Waals surface area (Å²) in [6, 6.07) is 11.7. The second-order valence-electron chi connectivity index (χ2n) is 5.56. The molecular weight excluding hydrogens is 398 g/mol. The molecule has 11 nitrogen and oxygen atoms in total. The molecule has 0 atom stereocenters. The van der Waals surface area contributed by atoms with E-state index >= 15 is 0 Å². The van der Waals surface area contributed by atoms with Crippen LogP contribution in [0.5, 0.6) is 0 Å². The van der Waals surface area contributed by atoms with E-state index in [-0.39, 0.29) is 12.5 Å². The first-order chi connectivity index (χ1) is 14.0. The number of benzene rings is 1. The number of hydrazine groups is 1. The second kappa shape index (κ2) is 9.43. The Labute approximate surface area is 167 Å². The van der Waals surface area contributed by atoms with Crippen molar-refractivity contribution in [1.29, 1.82) is 0 Å². The zero-order chi connectivity index (χ0) is 20.6. The number of rotatable bonds is 8. The van der Waals surface area contributed by atoms with Crippen LogP contribution in [0, 0.1) is 0 Å². The van der Waals surface area contributed by atoms with Gasteiger partial charge in [-0.1, -0.05) is 10.9 Å². The van der Waals surface area contributed by atoms with E-state index in [9.17, 15) is 9.00 Å². The van der Waals surface area contributed by atoms with Crippen molar-refractivity contribution in [2.75, 3.05) is 22.7 Å². The minimum Gasteiger partial charge on any atom is -0.480 e. The summed E-state index contributed by atoms with van der Waals surface area (Å²) in [5.41, 5.74) is 8.21. The quantitative estimate of drug-likeness (QED) is 0.210. The first-order valence-corrected chi connectivity index (χ1v) is 9.26. The van der Waals surface area contributed by atoms with Crippen molar-refractivity contribution in [2.24, 2.45) is 4.36 Å². The number of hydrogen-bond donors (Lipinski definition) is 5. The second-order valence-corrected chi connectivity index (χ2v) is 6.21. The SMILES string of the molecule is O=C(O)CNc1nc(NNc2ccc(N=[S-](=O)O)cc2)cc(-c2ccncc2)n1. The molecule has 0 aliphatic carbocycles. The summed E-state index contributed by atoms with van der Waals surface area (Å²) in [5, 5.41) is 11.5. The van der Waals surface area contributed by atoms with Crippen LogP contribution >= 0.6 is 0 Å². The van der Waals surface area contributed by atoms with E-state index in [2.05, 4.69) is 35.5 Å². The molecule has 0 saturated carbocycles. The molecule has 150 valence electrons. The van der Waals surface area contributed by atoms with Crippen LogP contribution in [0.25, 0.3) is 11.3 Å². The molecule has 0 saturated heterocycles. The number of hydrogen-bond acceptors (Lipinski definition) is 10. The maximum atomic E-state index is 10.8. The van der Waals surface area contributed by atoms with Crippen LogP contribution in [0.2, 0.25) is 0 Å². The number of nitrogens with zero attached hydrogens (tertiary/aromatic N) is 4. The highest BCUT2D eigenvalue weighted by Gasteiger charge is 2.08. The molecule has 0 amide bonds. The third-order valence-corrected chi connectivity index (χ3v) is 3.85. The number of carboxylic acids is 1. The van der Waals surface area contributed by atoms with E-state index in [0.717, 1.165) is 5.56 Å². The van der Waals surface area contributed by atoms with E-state index in [0.29, 0.717) is 22.9 Å². The molecule has 5 N–H and O–H groups in total. The third kappa shape index (κ3) is 6.12. The minimum absolute atomic E-state index is 0.144. The highest BCUT2D eigenvalue weighted by molar-refractivity contribution is 7.68. The van der Waals surface area contributed by atoms with E-state index in [1.54, 1.807) is 54.9 Å². The average molecular weight is 414 g/mol. The van der Waals surface area contributed by atoms with Crippen LogP contribution in [0.4, 0.5) is 23.1 Å². The molecule has 29 heavy (non-hydrogen) atoms. The summed E-state index contributed by atoms with van der Waals surface area (Å²) in [5.74, 6) is -0.500. The number of nitrogens with one attached hydrogen (secondary N) is 3. The lowest BCUT2D eigenvalue weighted by Crippen LogP contribution is -2.16. The van der Waals surface area contributed by atoms with Gasteiger partial charge in [-0.05, 0) is 36.4 Å². The first-order valence-electron chi connectivity index (χ1n) is 8.19. The van der Waals surface area contributed by atoms with Crippen LogP contribution in [-0.4, -0.2) is 37.1 Å². The number of pyridine rings is 1. The Morgan fingerprint density at radius 1 is 1.07 bits per heavy atom. The molecule has 1 aromatic carbocycles.